The van der Waals surface area contributed by atoms with Crippen LogP contribution < -0.4 is 5.32 Å². The van der Waals surface area contributed by atoms with Crippen LogP contribution in [0.2, 0.25) is 0 Å². The van der Waals surface area contributed by atoms with Gasteiger partial charge in [-0.1, -0.05) is 71.3 Å². The number of amides is 1. The first-order chi connectivity index (χ1) is 10.6. The lowest BCUT2D eigenvalue weighted by Gasteiger charge is -2.16. The van der Waals surface area contributed by atoms with Crippen molar-refractivity contribution >= 4 is 5.91 Å². The zero-order valence-corrected chi connectivity index (χ0v) is 15.3. The lowest BCUT2D eigenvalue weighted by molar-refractivity contribution is -0.117. The molecule has 0 aliphatic heterocycles. The molecule has 0 heterocycles. The maximum Gasteiger partial charge on any atom is 0.246 e. The molecule has 0 aromatic rings. The summed E-state index contributed by atoms with van der Waals surface area (Å²) in [7, 11) is 2.13. The lowest BCUT2D eigenvalue weighted by Crippen LogP contribution is -2.33. The van der Waals surface area contributed by atoms with Gasteiger partial charge in [0.05, 0.1) is 0 Å². The Morgan fingerprint density at radius 3 is 1.91 bits per heavy atom. The average Bonchev–Trinajstić information content (AvgIpc) is 2.49. The minimum atomic E-state index is -0.0349. The summed E-state index contributed by atoms with van der Waals surface area (Å²) < 4.78 is 0. The van der Waals surface area contributed by atoms with Gasteiger partial charge < -0.3 is 10.2 Å². The van der Waals surface area contributed by atoms with Crippen molar-refractivity contribution in [1.29, 1.82) is 0 Å². The molecule has 0 aliphatic rings. The van der Waals surface area contributed by atoms with Crippen molar-refractivity contribution in [2.45, 2.75) is 78.1 Å². The van der Waals surface area contributed by atoms with Crippen molar-refractivity contribution in [1.82, 2.24) is 10.2 Å². The van der Waals surface area contributed by atoms with Crippen molar-refractivity contribution in [2.24, 2.45) is 0 Å². The molecule has 0 rings (SSSR count). The van der Waals surface area contributed by atoms with E-state index in [9.17, 15) is 4.79 Å². The Morgan fingerprint density at radius 2 is 1.41 bits per heavy atom. The van der Waals surface area contributed by atoms with E-state index in [2.05, 4.69) is 30.8 Å². The van der Waals surface area contributed by atoms with E-state index < -0.39 is 0 Å². The fourth-order valence-electron chi connectivity index (χ4n) is 2.49. The Kier molecular flexibility index (Phi) is 14.5. The molecule has 0 unspecified atom stereocenters. The van der Waals surface area contributed by atoms with Gasteiger partial charge >= 0.3 is 0 Å². The fourth-order valence-corrected chi connectivity index (χ4v) is 2.49. The summed E-state index contributed by atoms with van der Waals surface area (Å²) >= 11 is 0. The summed E-state index contributed by atoms with van der Waals surface area (Å²) in [6, 6.07) is 0. The predicted octanol–water partition coefficient (Wildman–Crippen LogP) is 4.53. The smallest absolute Gasteiger partial charge is 0.246 e. The zero-order valence-electron chi connectivity index (χ0n) is 15.3. The number of rotatable bonds is 15. The zero-order chi connectivity index (χ0) is 16.6. The first-order valence-corrected chi connectivity index (χ1v) is 9.20. The monoisotopic (exact) mass is 310 g/mol. The molecule has 130 valence electrons. The standard InChI is InChI=1S/C19H38N2O/c1-5-6-7-8-9-10-11-12-13-14-16-21(4)17-15-20-19(22)18(2)3/h2,5-17H2,1,3-4H3,(H,20,22). The van der Waals surface area contributed by atoms with Crippen molar-refractivity contribution < 1.29 is 4.79 Å². The Bertz CT molecular complexity index is 289. The second kappa shape index (κ2) is 15.1. The van der Waals surface area contributed by atoms with Crippen LogP contribution in [0.4, 0.5) is 0 Å². The summed E-state index contributed by atoms with van der Waals surface area (Å²) in [6.45, 7) is 10.4. The van der Waals surface area contributed by atoms with Crippen molar-refractivity contribution in [3.05, 3.63) is 12.2 Å². The Labute approximate surface area is 138 Å². The predicted molar refractivity (Wildman–Crippen MR) is 97.2 cm³/mol. The number of likely N-dealkylation sites (N-methyl/N-ethyl adjacent to an activating group) is 1. The second-order valence-corrected chi connectivity index (χ2v) is 6.52. The second-order valence-electron chi connectivity index (χ2n) is 6.52. The van der Waals surface area contributed by atoms with Gasteiger partial charge in [0, 0.05) is 18.7 Å². The molecule has 0 fully saturated rings. The van der Waals surface area contributed by atoms with Gasteiger partial charge in [-0.15, -0.1) is 0 Å². The molecule has 1 amide bonds. The van der Waals surface area contributed by atoms with Gasteiger partial charge in [-0.2, -0.15) is 0 Å². The third-order valence-electron chi connectivity index (χ3n) is 4.06. The molecule has 0 saturated carbocycles. The lowest BCUT2D eigenvalue weighted by atomic mass is 10.1. The third kappa shape index (κ3) is 14.1. The molecule has 0 aromatic carbocycles. The molecule has 0 aliphatic carbocycles. The molecule has 1 N–H and O–H groups in total. The molecule has 0 aromatic heterocycles. The third-order valence-corrected chi connectivity index (χ3v) is 4.06. The largest absolute Gasteiger partial charge is 0.351 e. The van der Waals surface area contributed by atoms with Crippen LogP contribution in [0.15, 0.2) is 12.2 Å². The molecule has 0 atom stereocenters. The average molecular weight is 311 g/mol. The van der Waals surface area contributed by atoms with Crippen LogP contribution in [-0.2, 0) is 4.79 Å². The number of unbranched alkanes of at least 4 members (excludes halogenated alkanes) is 9. The van der Waals surface area contributed by atoms with E-state index in [1.807, 2.05) is 0 Å². The van der Waals surface area contributed by atoms with Crippen molar-refractivity contribution in [3.63, 3.8) is 0 Å². The Hall–Kier alpha value is -0.830. The van der Waals surface area contributed by atoms with Crippen LogP contribution in [0.1, 0.15) is 78.1 Å². The molecule has 3 nitrogen and oxygen atoms in total. The van der Waals surface area contributed by atoms with Crippen LogP contribution in [0, 0.1) is 0 Å². The first-order valence-electron chi connectivity index (χ1n) is 9.20. The van der Waals surface area contributed by atoms with E-state index in [1.165, 1.54) is 64.2 Å². The first kappa shape index (κ1) is 21.2. The van der Waals surface area contributed by atoms with Crippen LogP contribution >= 0.6 is 0 Å². The van der Waals surface area contributed by atoms with E-state index in [-0.39, 0.29) is 5.91 Å². The molecule has 0 spiro atoms. The number of hydrogen-bond acceptors (Lipinski definition) is 2. The van der Waals surface area contributed by atoms with Gasteiger partial charge in [-0.05, 0) is 26.9 Å². The fraction of sp³-hybridized carbons (Fsp3) is 0.842. The van der Waals surface area contributed by atoms with Gasteiger partial charge in [0.25, 0.3) is 0 Å². The summed E-state index contributed by atoms with van der Waals surface area (Å²) in [5.74, 6) is -0.0349. The highest BCUT2D eigenvalue weighted by molar-refractivity contribution is 5.92. The summed E-state index contributed by atoms with van der Waals surface area (Å²) in [6.07, 6.45) is 13.8. The highest BCUT2D eigenvalue weighted by atomic mass is 16.1. The summed E-state index contributed by atoms with van der Waals surface area (Å²) in [4.78, 5) is 13.6. The number of carbonyl (C=O) groups excluding carboxylic acids is 1. The van der Waals surface area contributed by atoms with Gasteiger partial charge in [-0.3, -0.25) is 4.79 Å². The van der Waals surface area contributed by atoms with Crippen LogP contribution in [0.3, 0.4) is 0 Å². The molecular weight excluding hydrogens is 272 g/mol. The number of nitrogens with one attached hydrogen (secondary N) is 1. The number of carbonyl (C=O) groups is 1. The minimum absolute atomic E-state index is 0.0349. The summed E-state index contributed by atoms with van der Waals surface area (Å²) in [5.41, 5.74) is 0.581. The van der Waals surface area contributed by atoms with E-state index >= 15 is 0 Å². The molecule has 0 radical (unpaired) electrons. The van der Waals surface area contributed by atoms with Crippen molar-refractivity contribution in [2.75, 3.05) is 26.7 Å². The molecular formula is C19H38N2O. The maximum atomic E-state index is 11.3. The number of hydrogen-bond donors (Lipinski definition) is 1. The van der Waals surface area contributed by atoms with E-state index in [0.29, 0.717) is 12.1 Å². The normalized spacial score (nSPS) is 10.9. The van der Waals surface area contributed by atoms with Gasteiger partial charge in [0.1, 0.15) is 0 Å². The van der Waals surface area contributed by atoms with Gasteiger partial charge in [-0.25, -0.2) is 0 Å². The maximum absolute atomic E-state index is 11.3. The minimum Gasteiger partial charge on any atom is -0.351 e. The topological polar surface area (TPSA) is 32.3 Å². The highest BCUT2D eigenvalue weighted by Gasteiger charge is 2.02. The number of nitrogens with zero attached hydrogens (tertiary/aromatic N) is 1. The van der Waals surface area contributed by atoms with Gasteiger partial charge in [0.2, 0.25) is 5.91 Å². The summed E-state index contributed by atoms with van der Waals surface area (Å²) in [5, 5.41) is 2.87. The highest BCUT2D eigenvalue weighted by Crippen LogP contribution is 2.10. The molecule has 0 bridgehead atoms. The van der Waals surface area contributed by atoms with Crippen LogP contribution in [0.25, 0.3) is 0 Å². The Morgan fingerprint density at radius 1 is 0.909 bits per heavy atom. The van der Waals surface area contributed by atoms with E-state index in [0.717, 1.165) is 13.1 Å². The van der Waals surface area contributed by atoms with E-state index in [4.69, 9.17) is 0 Å². The molecule has 0 saturated heterocycles. The molecule has 22 heavy (non-hydrogen) atoms. The van der Waals surface area contributed by atoms with Crippen LogP contribution in [-0.4, -0.2) is 37.5 Å². The Balaban J connectivity index is 3.26. The van der Waals surface area contributed by atoms with E-state index in [1.54, 1.807) is 6.92 Å². The van der Waals surface area contributed by atoms with Crippen LogP contribution in [0.5, 0.6) is 0 Å². The SMILES string of the molecule is C=C(C)C(=O)NCCN(C)CCCCCCCCCCCC. The quantitative estimate of drug-likeness (QED) is 0.356. The van der Waals surface area contributed by atoms with Crippen molar-refractivity contribution in [3.8, 4) is 0 Å². The van der Waals surface area contributed by atoms with Gasteiger partial charge in [0.15, 0.2) is 0 Å². The molecule has 3 heteroatoms.